The summed E-state index contributed by atoms with van der Waals surface area (Å²) < 4.78 is 5.67. The van der Waals surface area contributed by atoms with Crippen molar-refractivity contribution in [3.8, 4) is 0 Å². The van der Waals surface area contributed by atoms with Crippen molar-refractivity contribution in [2.75, 3.05) is 26.2 Å². The van der Waals surface area contributed by atoms with E-state index < -0.39 is 0 Å². The maximum atomic E-state index is 5.67. The number of hydrogen-bond donors (Lipinski definition) is 2. The van der Waals surface area contributed by atoms with Gasteiger partial charge in [0.2, 0.25) is 0 Å². The lowest BCUT2D eigenvalue weighted by Crippen LogP contribution is -2.52. The van der Waals surface area contributed by atoms with Crippen molar-refractivity contribution in [3.05, 3.63) is 0 Å². The molecule has 2 saturated heterocycles. The van der Waals surface area contributed by atoms with Gasteiger partial charge in [-0.25, -0.2) is 0 Å². The lowest BCUT2D eigenvalue weighted by Gasteiger charge is -2.38. The Labute approximate surface area is 99.3 Å². The van der Waals surface area contributed by atoms with Crippen LogP contribution in [0.15, 0.2) is 0 Å². The molecule has 2 rings (SSSR count). The van der Waals surface area contributed by atoms with Gasteiger partial charge in [-0.05, 0) is 51.6 Å². The van der Waals surface area contributed by atoms with E-state index in [0.29, 0.717) is 11.5 Å². The third-order valence-electron chi connectivity index (χ3n) is 4.62. The molecule has 0 aromatic rings. The Morgan fingerprint density at radius 2 is 1.94 bits per heavy atom. The van der Waals surface area contributed by atoms with Crippen LogP contribution < -0.4 is 10.6 Å². The topological polar surface area (TPSA) is 33.3 Å². The van der Waals surface area contributed by atoms with Crippen LogP contribution in [0.3, 0.4) is 0 Å². The first-order valence-electron chi connectivity index (χ1n) is 6.62. The van der Waals surface area contributed by atoms with Crippen LogP contribution in [0, 0.1) is 5.41 Å². The molecule has 0 saturated carbocycles. The molecule has 16 heavy (non-hydrogen) atoms. The molecule has 2 atom stereocenters. The molecule has 0 bridgehead atoms. The average molecular weight is 226 g/mol. The molecule has 2 heterocycles. The zero-order valence-electron chi connectivity index (χ0n) is 10.9. The largest absolute Gasteiger partial charge is 0.377 e. The summed E-state index contributed by atoms with van der Waals surface area (Å²) >= 11 is 0. The van der Waals surface area contributed by atoms with E-state index in [1.54, 1.807) is 0 Å². The summed E-state index contributed by atoms with van der Waals surface area (Å²) in [5.74, 6) is 0. The van der Waals surface area contributed by atoms with Gasteiger partial charge in [-0.3, -0.25) is 0 Å². The fourth-order valence-corrected chi connectivity index (χ4v) is 2.69. The Balaban J connectivity index is 1.86. The van der Waals surface area contributed by atoms with Crippen molar-refractivity contribution < 1.29 is 4.74 Å². The highest BCUT2D eigenvalue weighted by Gasteiger charge is 2.38. The molecular formula is C13H26N2O. The maximum Gasteiger partial charge on any atom is 0.0726 e. The summed E-state index contributed by atoms with van der Waals surface area (Å²) in [6.07, 6.45) is 4.05. The van der Waals surface area contributed by atoms with Gasteiger partial charge in [-0.15, -0.1) is 0 Å². The lowest BCUT2D eigenvalue weighted by molar-refractivity contribution is 0.0809. The lowest BCUT2D eigenvalue weighted by atomic mass is 9.80. The predicted molar refractivity (Wildman–Crippen MR) is 66.6 cm³/mol. The molecule has 3 heteroatoms. The molecule has 0 radical (unpaired) electrons. The Morgan fingerprint density at radius 3 is 2.50 bits per heavy atom. The minimum atomic E-state index is 0.188. The van der Waals surface area contributed by atoms with Gasteiger partial charge in [0, 0.05) is 18.7 Å². The van der Waals surface area contributed by atoms with Gasteiger partial charge in [0.15, 0.2) is 0 Å². The molecule has 0 spiro atoms. The van der Waals surface area contributed by atoms with Gasteiger partial charge in [0.05, 0.1) is 6.10 Å². The van der Waals surface area contributed by atoms with Crippen LogP contribution in [0.5, 0.6) is 0 Å². The molecule has 0 aromatic heterocycles. The highest BCUT2D eigenvalue weighted by atomic mass is 16.5. The van der Waals surface area contributed by atoms with Crippen molar-refractivity contribution in [1.29, 1.82) is 0 Å². The SMILES string of the molecule is CC1OCCC1(C)NCC1(C)CCNCC1. The predicted octanol–water partition coefficient (Wildman–Crippen LogP) is 1.53. The Bertz CT molecular complexity index is 238. The van der Waals surface area contributed by atoms with E-state index in [9.17, 15) is 0 Å². The zero-order valence-corrected chi connectivity index (χ0v) is 10.9. The summed E-state index contributed by atoms with van der Waals surface area (Å²) in [6, 6.07) is 0. The normalized spacial score (nSPS) is 38.8. The number of hydrogen-bond acceptors (Lipinski definition) is 3. The highest BCUT2D eigenvalue weighted by molar-refractivity contribution is 4.95. The molecule has 3 nitrogen and oxygen atoms in total. The Hall–Kier alpha value is -0.120. The number of rotatable bonds is 3. The van der Waals surface area contributed by atoms with E-state index in [0.717, 1.165) is 19.6 Å². The molecule has 0 aromatic carbocycles. The summed E-state index contributed by atoms with van der Waals surface area (Å²) in [6.45, 7) is 11.3. The fraction of sp³-hybridized carbons (Fsp3) is 1.00. The van der Waals surface area contributed by atoms with Gasteiger partial charge in [-0.2, -0.15) is 0 Å². The van der Waals surface area contributed by atoms with Crippen molar-refractivity contribution >= 4 is 0 Å². The first-order valence-corrected chi connectivity index (χ1v) is 6.62. The molecule has 0 amide bonds. The third kappa shape index (κ3) is 2.58. The second kappa shape index (κ2) is 4.63. The van der Waals surface area contributed by atoms with Crippen LogP contribution in [0.25, 0.3) is 0 Å². The molecule has 0 aliphatic carbocycles. The molecule has 2 N–H and O–H groups in total. The Morgan fingerprint density at radius 1 is 1.25 bits per heavy atom. The number of ether oxygens (including phenoxy) is 1. The smallest absolute Gasteiger partial charge is 0.0726 e. The van der Waals surface area contributed by atoms with Gasteiger partial charge >= 0.3 is 0 Å². The van der Waals surface area contributed by atoms with Crippen LogP contribution >= 0.6 is 0 Å². The van der Waals surface area contributed by atoms with Gasteiger partial charge in [-0.1, -0.05) is 6.92 Å². The van der Waals surface area contributed by atoms with Gasteiger partial charge < -0.3 is 15.4 Å². The van der Waals surface area contributed by atoms with E-state index in [2.05, 4.69) is 31.4 Å². The molecule has 94 valence electrons. The van der Waals surface area contributed by atoms with Crippen LogP contribution in [0.2, 0.25) is 0 Å². The van der Waals surface area contributed by atoms with Crippen molar-refractivity contribution in [2.45, 2.75) is 51.7 Å². The fourth-order valence-electron chi connectivity index (χ4n) is 2.69. The van der Waals surface area contributed by atoms with E-state index in [1.165, 1.54) is 25.9 Å². The summed E-state index contributed by atoms with van der Waals surface area (Å²) in [7, 11) is 0. The minimum Gasteiger partial charge on any atom is -0.377 e. The van der Waals surface area contributed by atoms with Crippen LogP contribution in [0.1, 0.15) is 40.0 Å². The van der Waals surface area contributed by atoms with E-state index >= 15 is 0 Å². The quantitative estimate of drug-likeness (QED) is 0.766. The summed E-state index contributed by atoms with van der Waals surface area (Å²) in [4.78, 5) is 0. The van der Waals surface area contributed by atoms with Gasteiger partial charge in [0.25, 0.3) is 0 Å². The zero-order chi connectivity index (χ0) is 11.6. The molecule has 2 unspecified atom stereocenters. The van der Waals surface area contributed by atoms with Gasteiger partial charge in [0.1, 0.15) is 0 Å². The number of nitrogens with one attached hydrogen (secondary N) is 2. The molecule has 2 aliphatic heterocycles. The Kier molecular flexibility index (Phi) is 3.57. The van der Waals surface area contributed by atoms with Crippen LogP contribution in [-0.2, 0) is 4.74 Å². The van der Waals surface area contributed by atoms with E-state index in [1.807, 2.05) is 0 Å². The van der Waals surface area contributed by atoms with Crippen LogP contribution in [-0.4, -0.2) is 37.9 Å². The van der Waals surface area contributed by atoms with Crippen molar-refractivity contribution in [3.63, 3.8) is 0 Å². The monoisotopic (exact) mass is 226 g/mol. The maximum absolute atomic E-state index is 5.67. The second-order valence-corrected chi connectivity index (χ2v) is 6.09. The second-order valence-electron chi connectivity index (χ2n) is 6.09. The number of piperidine rings is 1. The van der Waals surface area contributed by atoms with Crippen LogP contribution in [0.4, 0.5) is 0 Å². The average Bonchev–Trinajstić information content (AvgIpc) is 2.59. The van der Waals surface area contributed by atoms with E-state index in [4.69, 9.17) is 4.74 Å². The van der Waals surface area contributed by atoms with Crippen molar-refractivity contribution in [2.24, 2.45) is 5.41 Å². The van der Waals surface area contributed by atoms with Crippen molar-refractivity contribution in [1.82, 2.24) is 10.6 Å². The first kappa shape index (κ1) is 12.3. The summed E-state index contributed by atoms with van der Waals surface area (Å²) in [5.41, 5.74) is 0.657. The van der Waals surface area contributed by atoms with E-state index in [-0.39, 0.29) is 5.54 Å². The molecule has 2 aliphatic rings. The highest BCUT2D eigenvalue weighted by Crippen LogP contribution is 2.30. The summed E-state index contributed by atoms with van der Waals surface area (Å²) in [5, 5.41) is 7.20. The standard InChI is InChI=1S/C13H26N2O/c1-11-13(3,6-9-16-11)15-10-12(2)4-7-14-8-5-12/h11,14-15H,4-10H2,1-3H3. The molecule has 2 fully saturated rings. The minimum absolute atomic E-state index is 0.188. The first-order chi connectivity index (χ1) is 7.54. The third-order valence-corrected chi connectivity index (χ3v) is 4.62. The molecular weight excluding hydrogens is 200 g/mol.